The summed E-state index contributed by atoms with van der Waals surface area (Å²) in [5.74, 6) is 0. The molecule has 0 aliphatic carbocycles. The summed E-state index contributed by atoms with van der Waals surface area (Å²) in [5, 5.41) is 20.1. The second kappa shape index (κ2) is 7.29. The van der Waals surface area contributed by atoms with Crippen molar-refractivity contribution in [2.75, 3.05) is 6.54 Å². The number of nitrogens with zero attached hydrogens (tertiary/aromatic N) is 2. The maximum atomic E-state index is 11.8. The van der Waals surface area contributed by atoms with Gasteiger partial charge in [-0.05, 0) is 24.6 Å². The van der Waals surface area contributed by atoms with Gasteiger partial charge in [0.2, 0.25) is 0 Å². The lowest BCUT2D eigenvalue weighted by atomic mass is 10.1. The molecule has 118 valence electrons. The minimum Gasteiger partial charge on any atom is -0.387 e. The van der Waals surface area contributed by atoms with Crippen molar-refractivity contribution < 1.29 is 9.90 Å². The van der Waals surface area contributed by atoms with Crippen LogP contribution in [0.3, 0.4) is 0 Å². The highest BCUT2D eigenvalue weighted by Gasteiger charge is 2.13. The van der Waals surface area contributed by atoms with Gasteiger partial charge in [-0.15, -0.1) is 0 Å². The van der Waals surface area contributed by atoms with Crippen molar-refractivity contribution in [3.8, 4) is 0 Å². The molecular formula is C15H19ClN4O2. The van der Waals surface area contributed by atoms with Crippen molar-refractivity contribution in [1.29, 1.82) is 0 Å². The van der Waals surface area contributed by atoms with Crippen molar-refractivity contribution in [1.82, 2.24) is 20.4 Å². The van der Waals surface area contributed by atoms with Crippen LogP contribution in [0.15, 0.2) is 36.7 Å². The Labute approximate surface area is 134 Å². The summed E-state index contributed by atoms with van der Waals surface area (Å²) in [6, 6.07) is 6.34. The largest absolute Gasteiger partial charge is 0.387 e. The Morgan fingerprint density at radius 3 is 2.64 bits per heavy atom. The minimum absolute atomic E-state index is 0.118. The van der Waals surface area contributed by atoms with Crippen molar-refractivity contribution in [3.05, 3.63) is 52.8 Å². The Bertz CT molecular complexity index is 627. The minimum atomic E-state index is -0.781. The topological polar surface area (TPSA) is 79.2 Å². The highest BCUT2D eigenvalue weighted by atomic mass is 35.5. The molecule has 3 N–H and O–H groups in total. The third-order valence-corrected chi connectivity index (χ3v) is 3.54. The summed E-state index contributed by atoms with van der Waals surface area (Å²) in [6.07, 6.45) is 2.76. The van der Waals surface area contributed by atoms with Gasteiger partial charge in [0, 0.05) is 30.4 Å². The average molecular weight is 323 g/mol. The molecule has 1 aromatic carbocycles. The number of hydrogen-bond donors (Lipinski definition) is 3. The quantitative estimate of drug-likeness (QED) is 0.789. The van der Waals surface area contributed by atoms with Crippen LogP contribution in [-0.2, 0) is 7.05 Å². The summed E-state index contributed by atoms with van der Waals surface area (Å²) >= 11 is 5.79. The van der Waals surface area contributed by atoms with Crippen LogP contribution in [0.25, 0.3) is 0 Å². The van der Waals surface area contributed by atoms with E-state index in [1.54, 1.807) is 35.1 Å². The molecule has 0 radical (unpaired) electrons. The first kappa shape index (κ1) is 16.3. The molecule has 1 aromatic heterocycles. The van der Waals surface area contributed by atoms with Crippen LogP contribution in [-0.4, -0.2) is 27.5 Å². The van der Waals surface area contributed by atoms with E-state index in [-0.39, 0.29) is 18.6 Å². The third kappa shape index (κ3) is 4.47. The maximum Gasteiger partial charge on any atom is 0.315 e. The van der Waals surface area contributed by atoms with Crippen LogP contribution in [0.2, 0.25) is 5.02 Å². The van der Waals surface area contributed by atoms with E-state index in [9.17, 15) is 9.90 Å². The molecule has 0 fully saturated rings. The molecule has 0 bridgehead atoms. The van der Waals surface area contributed by atoms with Gasteiger partial charge in [-0.25, -0.2) is 4.79 Å². The highest BCUT2D eigenvalue weighted by Crippen LogP contribution is 2.15. The molecule has 1 heterocycles. The first-order valence-electron chi connectivity index (χ1n) is 6.92. The average Bonchev–Trinajstić information content (AvgIpc) is 2.92. The molecule has 6 nitrogen and oxygen atoms in total. The van der Waals surface area contributed by atoms with E-state index >= 15 is 0 Å². The van der Waals surface area contributed by atoms with Crippen LogP contribution in [0.1, 0.15) is 30.2 Å². The normalized spacial score (nSPS) is 13.5. The zero-order valence-electron chi connectivity index (χ0n) is 12.5. The number of benzene rings is 1. The van der Waals surface area contributed by atoms with Crippen LogP contribution in [0.4, 0.5) is 4.79 Å². The fourth-order valence-corrected chi connectivity index (χ4v) is 2.11. The van der Waals surface area contributed by atoms with Gasteiger partial charge < -0.3 is 15.7 Å². The van der Waals surface area contributed by atoms with Crippen molar-refractivity contribution in [3.63, 3.8) is 0 Å². The number of aliphatic hydroxyl groups excluding tert-OH is 1. The number of nitrogens with one attached hydrogen (secondary N) is 2. The Balaban J connectivity index is 1.81. The third-order valence-electron chi connectivity index (χ3n) is 3.28. The maximum absolute atomic E-state index is 11.8. The van der Waals surface area contributed by atoms with Gasteiger partial charge in [-0.3, -0.25) is 4.68 Å². The summed E-state index contributed by atoms with van der Waals surface area (Å²) in [5.41, 5.74) is 1.61. The molecule has 22 heavy (non-hydrogen) atoms. The molecular weight excluding hydrogens is 304 g/mol. The fraction of sp³-hybridized carbons (Fsp3) is 0.333. The van der Waals surface area contributed by atoms with E-state index < -0.39 is 6.10 Å². The Morgan fingerprint density at radius 1 is 1.36 bits per heavy atom. The number of urea groups is 1. The van der Waals surface area contributed by atoms with Crippen LogP contribution >= 0.6 is 11.6 Å². The van der Waals surface area contributed by atoms with E-state index in [0.29, 0.717) is 10.6 Å². The predicted octanol–water partition coefficient (Wildman–Crippen LogP) is 2.17. The van der Waals surface area contributed by atoms with Gasteiger partial charge >= 0.3 is 6.03 Å². The van der Waals surface area contributed by atoms with Gasteiger partial charge in [0.05, 0.1) is 18.3 Å². The van der Waals surface area contributed by atoms with Crippen LogP contribution < -0.4 is 10.6 Å². The van der Waals surface area contributed by atoms with E-state index in [2.05, 4.69) is 15.7 Å². The zero-order valence-corrected chi connectivity index (χ0v) is 13.2. The molecule has 2 unspecified atom stereocenters. The lowest BCUT2D eigenvalue weighted by molar-refractivity contribution is 0.172. The Hall–Kier alpha value is -2.05. The number of hydrogen-bond acceptors (Lipinski definition) is 3. The summed E-state index contributed by atoms with van der Waals surface area (Å²) in [6.45, 7) is 1.99. The van der Waals surface area contributed by atoms with Crippen molar-refractivity contribution in [2.24, 2.45) is 7.05 Å². The van der Waals surface area contributed by atoms with Gasteiger partial charge in [-0.1, -0.05) is 23.7 Å². The lowest BCUT2D eigenvalue weighted by Gasteiger charge is -2.16. The SMILES string of the molecule is CC(NC(=O)NCC(O)c1ccc(Cl)cc1)c1cnn(C)c1. The molecule has 0 spiro atoms. The molecule has 2 amide bonds. The Morgan fingerprint density at radius 2 is 2.05 bits per heavy atom. The van der Waals surface area contributed by atoms with Gasteiger partial charge in [0.25, 0.3) is 0 Å². The van der Waals surface area contributed by atoms with Crippen molar-refractivity contribution in [2.45, 2.75) is 19.1 Å². The Kier molecular flexibility index (Phi) is 5.41. The molecule has 0 aliphatic rings. The van der Waals surface area contributed by atoms with E-state index in [0.717, 1.165) is 5.56 Å². The van der Waals surface area contributed by atoms with Gasteiger partial charge in [0.15, 0.2) is 0 Å². The van der Waals surface area contributed by atoms with Crippen LogP contribution in [0.5, 0.6) is 0 Å². The molecule has 0 saturated carbocycles. The van der Waals surface area contributed by atoms with Gasteiger partial charge in [-0.2, -0.15) is 5.10 Å². The molecule has 7 heteroatoms. The molecule has 0 aliphatic heterocycles. The van der Waals surface area contributed by atoms with E-state index in [4.69, 9.17) is 11.6 Å². The number of aryl methyl sites for hydroxylation is 1. The van der Waals surface area contributed by atoms with Gasteiger partial charge in [0.1, 0.15) is 0 Å². The number of rotatable bonds is 5. The fourth-order valence-electron chi connectivity index (χ4n) is 1.99. The summed E-state index contributed by atoms with van der Waals surface area (Å²) < 4.78 is 1.68. The van der Waals surface area contributed by atoms with Crippen molar-refractivity contribution >= 4 is 17.6 Å². The molecule has 2 rings (SSSR count). The summed E-state index contributed by atoms with van der Waals surface area (Å²) in [4.78, 5) is 11.8. The van der Waals surface area contributed by atoms with E-state index in [1.807, 2.05) is 20.2 Å². The number of aromatic nitrogens is 2. The zero-order chi connectivity index (χ0) is 16.1. The monoisotopic (exact) mass is 322 g/mol. The summed E-state index contributed by atoms with van der Waals surface area (Å²) in [7, 11) is 1.82. The predicted molar refractivity (Wildman–Crippen MR) is 84.6 cm³/mol. The second-order valence-electron chi connectivity index (χ2n) is 5.09. The van der Waals surface area contributed by atoms with Crippen LogP contribution in [0, 0.1) is 0 Å². The highest BCUT2D eigenvalue weighted by molar-refractivity contribution is 6.30. The lowest BCUT2D eigenvalue weighted by Crippen LogP contribution is -2.39. The molecule has 0 saturated heterocycles. The number of halogens is 1. The number of carbonyl (C=O) groups excluding carboxylic acids is 1. The molecule has 2 atom stereocenters. The number of aliphatic hydroxyl groups is 1. The number of carbonyl (C=O) groups is 1. The van der Waals surface area contributed by atoms with E-state index in [1.165, 1.54) is 0 Å². The molecule has 2 aromatic rings. The second-order valence-corrected chi connectivity index (χ2v) is 5.53. The number of amides is 2. The smallest absolute Gasteiger partial charge is 0.315 e. The first-order valence-corrected chi connectivity index (χ1v) is 7.30. The standard InChI is InChI=1S/C15H19ClN4O2/c1-10(12-7-18-20(2)9-12)19-15(22)17-8-14(21)11-3-5-13(16)6-4-11/h3-7,9-10,14,21H,8H2,1-2H3,(H2,17,19,22). The first-order chi connectivity index (χ1) is 10.5.